The number of amides is 1. The summed E-state index contributed by atoms with van der Waals surface area (Å²) in [6.45, 7) is 7.40. The van der Waals surface area contributed by atoms with Crippen molar-refractivity contribution in [3.63, 3.8) is 0 Å². The van der Waals surface area contributed by atoms with Crippen LogP contribution in [-0.4, -0.2) is 74.0 Å². The van der Waals surface area contributed by atoms with Gasteiger partial charge in [-0.1, -0.05) is 29.3 Å². The van der Waals surface area contributed by atoms with Crippen LogP contribution < -0.4 is 5.32 Å². The van der Waals surface area contributed by atoms with Crippen LogP contribution in [0.4, 0.5) is 10.1 Å². The fourth-order valence-electron chi connectivity index (χ4n) is 6.96. The quantitative estimate of drug-likeness (QED) is 0.274. The first-order valence-electron chi connectivity index (χ1n) is 15.6. The molecule has 6 rings (SSSR count). The smallest absolute Gasteiger partial charge is 0.227 e. The van der Waals surface area contributed by atoms with Crippen LogP contribution in [0.25, 0.3) is 11.6 Å². The van der Waals surface area contributed by atoms with E-state index in [0.29, 0.717) is 41.5 Å². The van der Waals surface area contributed by atoms with Crippen molar-refractivity contribution in [2.24, 2.45) is 0 Å². The molecule has 240 valence electrons. The van der Waals surface area contributed by atoms with Gasteiger partial charge in [0, 0.05) is 70.5 Å². The van der Waals surface area contributed by atoms with Gasteiger partial charge in [-0.15, -0.1) is 0 Å². The number of halogens is 3. The van der Waals surface area contributed by atoms with Gasteiger partial charge >= 0.3 is 0 Å². The molecule has 11 heteroatoms. The van der Waals surface area contributed by atoms with Crippen molar-refractivity contribution >= 4 is 56.3 Å². The zero-order valence-electron chi connectivity index (χ0n) is 25.6. The van der Waals surface area contributed by atoms with Gasteiger partial charge in [0.05, 0.1) is 17.1 Å². The molecule has 1 aromatic heterocycles. The molecule has 7 nitrogen and oxygen atoms in total. The maximum Gasteiger partial charge on any atom is 0.227 e. The molecule has 2 N–H and O–H groups in total. The van der Waals surface area contributed by atoms with E-state index in [4.69, 9.17) is 23.2 Å². The Balaban J connectivity index is 1.19. The number of alkyl halides is 1. The molecule has 2 aromatic carbocycles. The van der Waals surface area contributed by atoms with Gasteiger partial charge in [0.15, 0.2) is 9.84 Å². The maximum atomic E-state index is 14.0. The molecule has 0 bridgehead atoms. The van der Waals surface area contributed by atoms with Crippen molar-refractivity contribution in [3.8, 4) is 0 Å². The average Bonchev–Trinajstić information content (AvgIpc) is 3.69. The number of H-pyrrole nitrogens is 1. The highest BCUT2D eigenvalue weighted by Gasteiger charge is 2.32. The number of aromatic nitrogens is 1. The zero-order chi connectivity index (χ0) is 31.9. The Hall–Kier alpha value is -2.85. The first kappa shape index (κ1) is 32.1. The number of nitrogens with one attached hydrogen (secondary N) is 2. The van der Waals surface area contributed by atoms with E-state index in [1.54, 1.807) is 36.4 Å². The lowest BCUT2D eigenvalue weighted by molar-refractivity contribution is -0.131. The highest BCUT2D eigenvalue weighted by atomic mass is 35.5. The molecule has 2 fully saturated rings. The van der Waals surface area contributed by atoms with Crippen molar-refractivity contribution in [1.82, 2.24) is 14.8 Å². The Kier molecular flexibility index (Phi) is 9.35. The number of anilines is 1. The highest BCUT2D eigenvalue weighted by molar-refractivity contribution is 7.90. The number of aryl methyl sites for hydroxylation is 1. The van der Waals surface area contributed by atoms with Crippen molar-refractivity contribution < 1.29 is 17.6 Å². The fraction of sp³-hybridized carbons (Fsp3) is 0.441. The highest BCUT2D eigenvalue weighted by Crippen LogP contribution is 2.36. The fourth-order valence-corrected chi connectivity index (χ4v) is 9.08. The first-order chi connectivity index (χ1) is 21.5. The van der Waals surface area contributed by atoms with Crippen LogP contribution in [0.15, 0.2) is 41.3 Å². The second kappa shape index (κ2) is 13.1. The molecular formula is C34H39Cl2FN4O3S. The summed E-state index contributed by atoms with van der Waals surface area (Å²) in [5, 5.41) is 4.00. The van der Waals surface area contributed by atoms with E-state index in [0.717, 1.165) is 78.2 Å². The Bertz CT molecular complexity index is 1740. The molecule has 0 aliphatic carbocycles. The van der Waals surface area contributed by atoms with E-state index < -0.39 is 16.0 Å². The predicted molar refractivity (Wildman–Crippen MR) is 179 cm³/mol. The number of sulfone groups is 1. The lowest BCUT2D eigenvalue weighted by atomic mass is 10.0. The van der Waals surface area contributed by atoms with E-state index in [1.807, 2.05) is 24.8 Å². The van der Waals surface area contributed by atoms with E-state index in [-0.39, 0.29) is 22.6 Å². The molecule has 0 spiro atoms. The number of hydrogen-bond acceptors (Lipinski definition) is 5. The summed E-state index contributed by atoms with van der Waals surface area (Å²) in [6.07, 6.45) is 5.01. The van der Waals surface area contributed by atoms with Gasteiger partial charge in [-0.05, 0) is 99.2 Å². The number of rotatable bonds is 8. The third kappa shape index (κ3) is 6.82. The summed E-state index contributed by atoms with van der Waals surface area (Å²) in [5.41, 5.74) is 6.85. The third-order valence-electron chi connectivity index (χ3n) is 9.45. The standard InChI is InChI=1S/C34H39Cl2FN4O3S/c1-21-27(16-34(42)41-13-5-7-25(41)19-40-12-4-6-24(37)18-40)22(2)39-33(21)14-23-17-38-32-11-10-26(15-28(23)32)45(43,44)20-29-30(35)8-3-9-31(29)36/h3,8-11,14-15,24-25,38-39H,4-7,12-13,16-20H2,1-2H3/b23-14+/t24-,25?/m0/s1. The molecule has 3 aliphatic rings. The van der Waals surface area contributed by atoms with Gasteiger partial charge in [0.25, 0.3) is 0 Å². The number of nitrogens with zero attached hydrogens (tertiary/aromatic N) is 2. The summed E-state index contributed by atoms with van der Waals surface area (Å²) in [6, 6.07) is 10.2. The summed E-state index contributed by atoms with van der Waals surface area (Å²) in [7, 11) is -3.72. The molecule has 3 aliphatic heterocycles. The number of benzene rings is 2. The summed E-state index contributed by atoms with van der Waals surface area (Å²) >= 11 is 12.5. The predicted octanol–water partition coefficient (Wildman–Crippen LogP) is 6.85. The van der Waals surface area contributed by atoms with Gasteiger partial charge in [-0.3, -0.25) is 9.69 Å². The minimum Gasteiger partial charge on any atom is -0.380 e. The monoisotopic (exact) mass is 672 g/mol. The van der Waals surface area contributed by atoms with E-state index in [1.165, 1.54) is 0 Å². The second-order valence-electron chi connectivity index (χ2n) is 12.5. The van der Waals surface area contributed by atoms with E-state index in [9.17, 15) is 17.6 Å². The van der Waals surface area contributed by atoms with E-state index in [2.05, 4.69) is 15.2 Å². The molecule has 3 aromatic rings. The lowest BCUT2D eigenvalue weighted by Gasteiger charge is -2.34. The zero-order valence-corrected chi connectivity index (χ0v) is 28.0. The minimum atomic E-state index is -3.72. The minimum absolute atomic E-state index is 0.108. The Morgan fingerprint density at radius 3 is 2.58 bits per heavy atom. The average molecular weight is 674 g/mol. The molecule has 0 radical (unpaired) electrons. The lowest BCUT2D eigenvalue weighted by Crippen LogP contribution is -2.47. The summed E-state index contributed by atoms with van der Waals surface area (Å²) < 4.78 is 40.8. The van der Waals surface area contributed by atoms with Crippen LogP contribution in [0.5, 0.6) is 0 Å². The number of aromatic amines is 1. The normalized spacial score (nSPS) is 21.4. The molecule has 0 saturated carbocycles. The van der Waals surface area contributed by atoms with Crippen molar-refractivity contribution in [3.05, 3.63) is 80.1 Å². The Morgan fingerprint density at radius 2 is 1.82 bits per heavy atom. The number of carbonyl (C=O) groups excluding carboxylic acids is 1. The van der Waals surface area contributed by atoms with Gasteiger partial charge in [-0.25, -0.2) is 12.8 Å². The van der Waals surface area contributed by atoms with Crippen molar-refractivity contribution in [1.29, 1.82) is 0 Å². The Labute approximate surface area is 274 Å². The van der Waals surface area contributed by atoms with Crippen LogP contribution >= 0.6 is 23.2 Å². The maximum absolute atomic E-state index is 14.0. The molecule has 2 atom stereocenters. The van der Waals surface area contributed by atoms with Crippen LogP contribution in [0.1, 0.15) is 59.3 Å². The largest absolute Gasteiger partial charge is 0.380 e. The van der Waals surface area contributed by atoms with Gasteiger partial charge < -0.3 is 15.2 Å². The van der Waals surface area contributed by atoms with Gasteiger partial charge in [-0.2, -0.15) is 0 Å². The van der Waals surface area contributed by atoms with Crippen LogP contribution in [0.3, 0.4) is 0 Å². The van der Waals surface area contributed by atoms with E-state index >= 15 is 0 Å². The van der Waals surface area contributed by atoms with Crippen molar-refractivity contribution in [2.45, 2.75) is 68.8 Å². The number of piperidine rings is 1. The molecule has 4 heterocycles. The van der Waals surface area contributed by atoms with Crippen molar-refractivity contribution in [2.75, 3.05) is 38.0 Å². The molecule has 1 unspecified atom stereocenters. The number of carbonyl (C=O) groups is 1. The molecular weight excluding hydrogens is 634 g/mol. The first-order valence-corrected chi connectivity index (χ1v) is 18.0. The molecule has 45 heavy (non-hydrogen) atoms. The number of likely N-dealkylation sites (tertiary alicyclic amines) is 2. The SMILES string of the molecule is Cc1[nH]c(/C=C2\CNc3ccc(S(=O)(=O)Cc4c(Cl)cccc4Cl)cc32)c(C)c1CC(=O)N1CCCC1CN1CCC[C@H](F)C1. The summed E-state index contributed by atoms with van der Waals surface area (Å²) in [4.78, 5) is 21.4. The summed E-state index contributed by atoms with van der Waals surface area (Å²) in [5.74, 6) is -0.188. The number of fused-ring (bicyclic) bond motifs is 1. The second-order valence-corrected chi connectivity index (χ2v) is 15.3. The van der Waals surface area contributed by atoms with Crippen LogP contribution in [0.2, 0.25) is 10.0 Å². The van der Waals surface area contributed by atoms with Gasteiger partial charge in [0.2, 0.25) is 5.91 Å². The number of hydrogen-bond donors (Lipinski definition) is 2. The topological polar surface area (TPSA) is 85.5 Å². The Morgan fingerprint density at radius 1 is 1.07 bits per heavy atom. The van der Waals surface area contributed by atoms with Gasteiger partial charge in [0.1, 0.15) is 6.17 Å². The third-order valence-corrected chi connectivity index (χ3v) is 11.8. The molecule has 1 amide bonds. The molecule has 2 saturated heterocycles. The van der Waals surface area contributed by atoms with Crippen LogP contribution in [0, 0.1) is 13.8 Å². The van der Waals surface area contributed by atoms with Crippen LogP contribution in [-0.2, 0) is 26.8 Å².